The van der Waals surface area contributed by atoms with Crippen LogP contribution in [0.4, 0.5) is 11.4 Å². The number of nitro benzene ring substituents is 1. The van der Waals surface area contributed by atoms with Crippen LogP contribution in [0, 0.1) is 24.0 Å². The van der Waals surface area contributed by atoms with Gasteiger partial charge in [-0.1, -0.05) is 18.2 Å². The molecule has 4 aromatic rings. The molecule has 0 radical (unpaired) electrons. The molecule has 0 atom stereocenters. The van der Waals surface area contributed by atoms with E-state index in [0.29, 0.717) is 22.4 Å². The maximum atomic E-state index is 12.7. The third-order valence-electron chi connectivity index (χ3n) is 4.48. The average molecular weight is 424 g/mol. The van der Waals surface area contributed by atoms with Gasteiger partial charge in [0.05, 0.1) is 22.5 Å². The molecule has 4 rings (SSSR count). The van der Waals surface area contributed by atoms with Crippen LogP contribution >= 0.6 is 0 Å². The van der Waals surface area contributed by atoms with Crippen molar-refractivity contribution in [2.24, 2.45) is 0 Å². The summed E-state index contributed by atoms with van der Waals surface area (Å²) in [7, 11) is -4.14. The first-order valence-corrected chi connectivity index (χ1v) is 10.3. The number of H-pyrrole nitrogens is 1. The molecule has 0 aliphatic carbocycles. The van der Waals surface area contributed by atoms with Gasteiger partial charge in [0.1, 0.15) is 5.52 Å². The normalized spacial score (nSPS) is 11.5. The lowest BCUT2D eigenvalue weighted by molar-refractivity contribution is -0.387. The molecule has 0 saturated carbocycles. The van der Waals surface area contributed by atoms with E-state index in [1.165, 1.54) is 18.2 Å². The second-order valence-corrected chi connectivity index (χ2v) is 8.32. The predicted molar refractivity (Wildman–Crippen MR) is 110 cm³/mol. The fourth-order valence-corrected chi connectivity index (χ4v) is 4.19. The number of benzene rings is 2. The fraction of sp³-hybridized carbons (Fsp3) is 0.105. The van der Waals surface area contributed by atoms with Crippen molar-refractivity contribution in [2.45, 2.75) is 18.7 Å². The number of aryl methyl sites for hydroxylation is 2. The summed E-state index contributed by atoms with van der Waals surface area (Å²) in [5.74, 6) is 0. The molecule has 2 aromatic carbocycles. The minimum Gasteiger partial charge on any atom is -0.279 e. The Morgan fingerprint density at radius 3 is 2.53 bits per heavy atom. The van der Waals surface area contributed by atoms with Crippen LogP contribution in [-0.4, -0.2) is 33.5 Å². The van der Waals surface area contributed by atoms with Crippen LogP contribution in [0.5, 0.6) is 0 Å². The third kappa shape index (κ3) is 3.57. The van der Waals surface area contributed by atoms with Crippen LogP contribution in [0.1, 0.15) is 11.3 Å². The maximum absolute atomic E-state index is 12.7. The molecular weight excluding hydrogens is 408 g/mol. The first-order valence-electron chi connectivity index (χ1n) is 8.80. The number of nitrogens with zero attached hydrogens (tertiary/aromatic N) is 4. The van der Waals surface area contributed by atoms with E-state index >= 15 is 0 Å². The number of anilines is 1. The topological polar surface area (TPSA) is 144 Å². The van der Waals surface area contributed by atoms with Crippen molar-refractivity contribution < 1.29 is 13.3 Å². The molecular formula is C19H16N6O4S. The molecule has 152 valence electrons. The number of hydrogen-bond donors (Lipinski definition) is 2. The van der Waals surface area contributed by atoms with E-state index in [2.05, 4.69) is 24.9 Å². The number of hydrogen-bond acceptors (Lipinski definition) is 7. The van der Waals surface area contributed by atoms with Crippen LogP contribution in [0.25, 0.3) is 22.4 Å². The molecule has 0 aliphatic heterocycles. The van der Waals surface area contributed by atoms with Crippen LogP contribution < -0.4 is 4.72 Å². The molecule has 0 unspecified atom stereocenters. The van der Waals surface area contributed by atoms with Crippen LogP contribution in [0.3, 0.4) is 0 Å². The van der Waals surface area contributed by atoms with Crippen molar-refractivity contribution in [2.75, 3.05) is 4.72 Å². The summed E-state index contributed by atoms with van der Waals surface area (Å²) in [4.78, 5) is 19.0. The van der Waals surface area contributed by atoms with Gasteiger partial charge in [0.2, 0.25) is 0 Å². The van der Waals surface area contributed by atoms with Crippen molar-refractivity contribution in [3.05, 3.63) is 70.0 Å². The van der Waals surface area contributed by atoms with Gasteiger partial charge in [-0.2, -0.15) is 5.10 Å². The van der Waals surface area contributed by atoms with Crippen LogP contribution in [0.15, 0.2) is 53.6 Å². The summed E-state index contributed by atoms with van der Waals surface area (Å²) in [6, 6.07) is 10.4. The molecule has 0 amide bonds. The number of fused-ring (bicyclic) bond motifs is 1. The highest BCUT2D eigenvalue weighted by atomic mass is 32.2. The van der Waals surface area contributed by atoms with E-state index in [0.717, 1.165) is 11.3 Å². The lowest BCUT2D eigenvalue weighted by atomic mass is 10.1. The van der Waals surface area contributed by atoms with Gasteiger partial charge in [-0.25, -0.2) is 18.4 Å². The van der Waals surface area contributed by atoms with Gasteiger partial charge in [0, 0.05) is 17.3 Å². The molecule has 0 bridgehead atoms. The Balaban J connectivity index is 1.62. The van der Waals surface area contributed by atoms with Gasteiger partial charge in [-0.15, -0.1) is 0 Å². The Hall–Kier alpha value is -3.86. The van der Waals surface area contributed by atoms with Crippen molar-refractivity contribution in [1.82, 2.24) is 20.2 Å². The highest BCUT2D eigenvalue weighted by molar-refractivity contribution is 7.92. The van der Waals surface area contributed by atoms with E-state index in [9.17, 15) is 18.5 Å². The maximum Gasteiger partial charge on any atom is 0.290 e. The Kier molecular flexibility index (Phi) is 4.66. The number of aromatic amines is 1. The zero-order valence-corrected chi connectivity index (χ0v) is 16.8. The highest BCUT2D eigenvalue weighted by Gasteiger charge is 2.26. The number of sulfonamides is 1. The average Bonchev–Trinajstić information content (AvgIpc) is 3.08. The molecule has 0 fully saturated rings. The summed E-state index contributed by atoms with van der Waals surface area (Å²) < 4.78 is 27.8. The number of nitrogens with one attached hydrogen (secondary N) is 2. The minimum atomic E-state index is -4.14. The van der Waals surface area contributed by atoms with Crippen molar-refractivity contribution in [3.63, 3.8) is 0 Å². The van der Waals surface area contributed by atoms with Crippen LogP contribution in [0.2, 0.25) is 0 Å². The van der Waals surface area contributed by atoms with Crippen molar-refractivity contribution in [3.8, 4) is 11.3 Å². The van der Waals surface area contributed by atoms with Gasteiger partial charge >= 0.3 is 0 Å². The highest BCUT2D eigenvalue weighted by Crippen LogP contribution is 2.28. The minimum absolute atomic E-state index is 0.264. The lowest BCUT2D eigenvalue weighted by Gasteiger charge is -2.10. The second-order valence-electron chi connectivity index (χ2n) is 6.67. The van der Waals surface area contributed by atoms with E-state index < -0.39 is 25.5 Å². The Labute approximate surface area is 171 Å². The molecule has 0 saturated heterocycles. The monoisotopic (exact) mass is 424 g/mol. The van der Waals surface area contributed by atoms with Crippen molar-refractivity contribution in [1.29, 1.82) is 0 Å². The van der Waals surface area contributed by atoms with E-state index in [4.69, 9.17) is 0 Å². The molecule has 2 heterocycles. The third-order valence-corrected chi connectivity index (χ3v) is 5.91. The first kappa shape index (κ1) is 19.5. The van der Waals surface area contributed by atoms with Gasteiger partial charge in [0.25, 0.3) is 15.7 Å². The van der Waals surface area contributed by atoms with Gasteiger partial charge in [-0.3, -0.25) is 19.9 Å². The van der Waals surface area contributed by atoms with E-state index in [1.807, 2.05) is 6.92 Å². The van der Waals surface area contributed by atoms with Crippen LogP contribution in [-0.2, 0) is 10.0 Å². The molecule has 0 spiro atoms. The summed E-state index contributed by atoms with van der Waals surface area (Å²) in [6.45, 7) is 3.48. The zero-order valence-electron chi connectivity index (χ0n) is 15.9. The summed E-state index contributed by atoms with van der Waals surface area (Å²) in [5.41, 5.74) is 3.69. The SMILES string of the molecule is Cc1ccc(S(=O)(=O)Nc2ccc(-c3cnc4c(C)n[nH]c4n3)cc2)c([N+](=O)[O-])c1. The zero-order chi connectivity index (χ0) is 21.5. The smallest absolute Gasteiger partial charge is 0.279 e. The molecule has 30 heavy (non-hydrogen) atoms. The Morgan fingerprint density at radius 2 is 1.83 bits per heavy atom. The Morgan fingerprint density at radius 1 is 1.10 bits per heavy atom. The lowest BCUT2D eigenvalue weighted by Crippen LogP contribution is -2.14. The first-order chi connectivity index (χ1) is 14.2. The molecule has 10 nitrogen and oxygen atoms in total. The van der Waals surface area contributed by atoms with Gasteiger partial charge in [0.15, 0.2) is 10.5 Å². The molecule has 2 N–H and O–H groups in total. The number of rotatable bonds is 5. The predicted octanol–water partition coefficient (Wildman–Crippen LogP) is 3.35. The quantitative estimate of drug-likeness (QED) is 0.369. The number of aromatic nitrogens is 4. The van der Waals surface area contributed by atoms with E-state index in [1.54, 1.807) is 37.4 Å². The molecule has 0 aliphatic rings. The summed E-state index contributed by atoms with van der Waals surface area (Å²) in [6.07, 6.45) is 1.61. The Bertz CT molecular complexity index is 1380. The van der Waals surface area contributed by atoms with Crippen molar-refractivity contribution >= 4 is 32.6 Å². The largest absolute Gasteiger partial charge is 0.290 e. The molecule has 2 aromatic heterocycles. The molecule has 11 heteroatoms. The van der Waals surface area contributed by atoms with Gasteiger partial charge < -0.3 is 0 Å². The van der Waals surface area contributed by atoms with Gasteiger partial charge in [-0.05, 0) is 37.6 Å². The summed E-state index contributed by atoms with van der Waals surface area (Å²) >= 11 is 0. The fourth-order valence-electron chi connectivity index (χ4n) is 2.98. The summed E-state index contributed by atoms with van der Waals surface area (Å²) in [5, 5.41) is 18.1. The number of nitro groups is 1. The van der Waals surface area contributed by atoms with E-state index in [-0.39, 0.29) is 5.69 Å². The second kappa shape index (κ2) is 7.19. The standard InChI is InChI=1S/C19H16N6O4S/c1-11-3-8-17(16(9-11)25(26)27)30(28,29)24-14-6-4-13(5-7-14)15-10-20-18-12(2)22-23-19(18)21-15/h3-10,24H,1-2H3,(H,21,22,23).